The van der Waals surface area contributed by atoms with Gasteiger partial charge in [-0.1, -0.05) is 6.42 Å². The Kier molecular flexibility index (Phi) is 3.96. The normalized spacial score (nSPS) is 34.8. The highest BCUT2D eigenvalue weighted by Crippen LogP contribution is 2.58. The van der Waals surface area contributed by atoms with Crippen LogP contribution in [0.3, 0.4) is 0 Å². The zero-order valence-electron chi connectivity index (χ0n) is 11.8. The lowest BCUT2D eigenvalue weighted by atomic mass is 10.1. The van der Waals surface area contributed by atoms with E-state index in [1.807, 2.05) is 0 Å². The molecule has 4 atom stereocenters. The van der Waals surface area contributed by atoms with Crippen LogP contribution in [0.4, 0.5) is 0 Å². The first-order chi connectivity index (χ1) is 9.66. The SMILES string of the molecule is O=C(O)CCN(C[C@H]1CCCO1)C(=O)C1[C@H]2CCC[C@@H]12. The van der Waals surface area contributed by atoms with Gasteiger partial charge in [-0.25, -0.2) is 0 Å². The fraction of sp³-hybridized carbons (Fsp3) is 0.867. The Hall–Kier alpha value is -1.10. The summed E-state index contributed by atoms with van der Waals surface area (Å²) in [6, 6.07) is 0. The van der Waals surface area contributed by atoms with Gasteiger partial charge < -0.3 is 14.7 Å². The number of ether oxygens (including phenoxy) is 1. The van der Waals surface area contributed by atoms with Crippen molar-refractivity contribution in [3.05, 3.63) is 0 Å². The molecule has 20 heavy (non-hydrogen) atoms. The molecule has 1 N–H and O–H groups in total. The number of rotatable bonds is 6. The van der Waals surface area contributed by atoms with Gasteiger partial charge in [-0.2, -0.15) is 0 Å². The molecule has 3 rings (SSSR count). The number of hydrogen-bond acceptors (Lipinski definition) is 3. The van der Waals surface area contributed by atoms with Crippen LogP contribution in [-0.4, -0.2) is 47.7 Å². The van der Waals surface area contributed by atoms with Gasteiger partial charge in [0.2, 0.25) is 5.91 Å². The third-order valence-corrected chi connectivity index (χ3v) is 5.05. The Balaban J connectivity index is 1.58. The van der Waals surface area contributed by atoms with Crippen LogP contribution < -0.4 is 0 Å². The van der Waals surface area contributed by atoms with Crippen LogP contribution in [0.25, 0.3) is 0 Å². The molecular formula is C15H23NO4. The highest BCUT2D eigenvalue weighted by molar-refractivity contribution is 5.83. The lowest BCUT2D eigenvalue weighted by molar-refractivity contribution is -0.139. The summed E-state index contributed by atoms with van der Waals surface area (Å²) in [5.41, 5.74) is 0. The topological polar surface area (TPSA) is 66.8 Å². The molecular weight excluding hydrogens is 258 g/mol. The molecule has 5 nitrogen and oxygen atoms in total. The van der Waals surface area contributed by atoms with Gasteiger partial charge in [-0.05, 0) is 37.5 Å². The van der Waals surface area contributed by atoms with Crippen molar-refractivity contribution >= 4 is 11.9 Å². The van der Waals surface area contributed by atoms with E-state index in [0.29, 0.717) is 24.9 Å². The Morgan fingerprint density at radius 2 is 1.90 bits per heavy atom. The number of aliphatic carboxylic acids is 1. The minimum Gasteiger partial charge on any atom is -0.481 e. The zero-order valence-corrected chi connectivity index (χ0v) is 11.8. The van der Waals surface area contributed by atoms with Gasteiger partial charge in [0.25, 0.3) is 0 Å². The van der Waals surface area contributed by atoms with Gasteiger partial charge in [0.15, 0.2) is 0 Å². The Morgan fingerprint density at radius 1 is 1.15 bits per heavy atom. The van der Waals surface area contributed by atoms with E-state index in [9.17, 15) is 9.59 Å². The third kappa shape index (κ3) is 2.82. The summed E-state index contributed by atoms with van der Waals surface area (Å²) in [6.45, 7) is 1.66. The summed E-state index contributed by atoms with van der Waals surface area (Å²) in [7, 11) is 0. The zero-order chi connectivity index (χ0) is 14.1. The van der Waals surface area contributed by atoms with Gasteiger partial charge in [0.1, 0.15) is 0 Å². The lowest BCUT2D eigenvalue weighted by Crippen LogP contribution is -2.40. The summed E-state index contributed by atoms with van der Waals surface area (Å²) < 4.78 is 5.59. The minimum absolute atomic E-state index is 0.0283. The van der Waals surface area contributed by atoms with E-state index in [2.05, 4.69) is 0 Å². The molecule has 3 fully saturated rings. The molecule has 1 aliphatic heterocycles. The Labute approximate surface area is 119 Å². The second-order valence-electron chi connectivity index (χ2n) is 6.35. The number of amides is 1. The molecule has 0 spiro atoms. The lowest BCUT2D eigenvalue weighted by Gasteiger charge is -2.25. The minimum atomic E-state index is -0.842. The predicted molar refractivity (Wildman–Crippen MR) is 72.1 cm³/mol. The highest BCUT2D eigenvalue weighted by Gasteiger charge is 2.57. The van der Waals surface area contributed by atoms with Crippen LogP contribution in [0.5, 0.6) is 0 Å². The molecule has 1 unspecified atom stereocenters. The monoisotopic (exact) mass is 281 g/mol. The molecule has 2 saturated carbocycles. The van der Waals surface area contributed by atoms with Gasteiger partial charge in [-0.3, -0.25) is 9.59 Å². The second kappa shape index (κ2) is 5.72. The van der Waals surface area contributed by atoms with Crippen LogP contribution in [0.15, 0.2) is 0 Å². The van der Waals surface area contributed by atoms with E-state index in [-0.39, 0.29) is 24.3 Å². The Morgan fingerprint density at radius 3 is 2.50 bits per heavy atom. The molecule has 3 aliphatic rings. The molecule has 1 saturated heterocycles. The fourth-order valence-electron chi connectivity index (χ4n) is 3.95. The summed E-state index contributed by atoms with van der Waals surface area (Å²) in [4.78, 5) is 25.1. The number of carboxylic acid groups (broad SMARTS) is 1. The molecule has 0 bridgehead atoms. The maximum atomic E-state index is 12.6. The second-order valence-corrected chi connectivity index (χ2v) is 6.35. The maximum absolute atomic E-state index is 12.6. The third-order valence-electron chi connectivity index (χ3n) is 5.05. The average molecular weight is 281 g/mol. The first-order valence-corrected chi connectivity index (χ1v) is 7.79. The van der Waals surface area contributed by atoms with Crippen LogP contribution in [0.2, 0.25) is 0 Å². The van der Waals surface area contributed by atoms with Crippen molar-refractivity contribution < 1.29 is 19.4 Å². The number of fused-ring (bicyclic) bond motifs is 1. The predicted octanol–water partition coefficient (Wildman–Crippen LogP) is 1.51. The van der Waals surface area contributed by atoms with Gasteiger partial charge in [0.05, 0.1) is 12.5 Å². The summed E-state index contributed by atoms with van der Waals surface area (Å²) in [5, 5.41) is 8.85. The molecule has 0 radical (unpaired) electrons. The van der Waals surface area contributed by atoms with Crippen molar-refractivity contribution in [2.45, 2.75) is 44.6 Å². The first-order valence-electron chi connectivity index (χ1n) is 7.79. The van der Waals surface area contributed by atoms with Crippen molar-refractivity contribution in [3.63, 3.8) is 0 Å². The largest absolute Gasteiger partial charge is 0.481 e. The summed E-state index contributed by atoms with van der Waals surface area (Å²) in [5.74, 6) is 0.681. The molecule has 0 aromatic heterocycles. The van der Waals surface area contributed by atoms with Gasteiger partial charge in [-0.15, -0.1) is 0 Å². The molecule has 1 amide bonds. The van der Waals surface area contributed by atoms with E-state index in [0.717, 1.165) is 19.4 Å². The molecule has 1 heterocycles. The smallest absolute Gasteiger partial charge is 0.305 e. The number of nitrogens with zero attached hydrogens (tertiary/aromatic N) is 1. The van der Waals surface area contributed by atoms with Crippen LogP contribution in [-0.2, 0) is 14.3 Å². The quantitative estimate of drug-likeness (QED) is 0.801. The summed E-state index contributed by atoms with van der Waals surface area (Å²) >= 11 is 0. The summed E-state index contributed by atoms with van der Waals surface area (Å²) in [6.07, 6.45) is 5.75. The van der Waals surface area contributed by atoms with Crippen molar-refractivity contribution in [1.29, 1.82) is 0 Å². The van der Waals surface area contributed by atoms with Crippen molar-refractivity contribution in [2.24, 2.45) is 17.8 Å². The number of hydrogen-bond donors (Lipinski definition) is 1. The van der Waals surface area contributed by atoms with E-state index in [4.69, 9.17) is 9.84 Å². The maximum Gasteiger partial charge on any atom is 0.305 e. The van der Waals surface area contributed by atoms with E-state index in [1.165, 1.54) is 19.3 Å². The standard InChI is InChI=1S/C15H23NO4/c17-13(18)6-7-16(9-10-3-2-8-20-10)15(19)14-11-4-1-5-12(11)14/h10-12,14H,1-9H2,(H,17,18)/t10-,11-,12+,14?/m1/s1. The van der Waals surface area contributed by atoms with Crippen LogP contribution in [0, 0.1) is 17.8 Å². The van der Waals surface area contributed by atoms with Crippen LogP contribution in [0.1, 0.15) is 38.5 Å². The van der Waals surface area contributed by atoms with Crippen molar-refractivity contribution in [2.75, 3.05) is 19.7 Å². The number of carbonyl (C=O) groups excluding carboxylic acids is 1. The fourth-order valence-corrected chi connectivity index (χ4v) is 3.95. The molecule has 0 aromatic carbocycles. The van der Waals surface area contributed by atoms with Crippen molar-refractivity contribution in [1.82, 2.24) is 4.90 Å². The molecule has 2 aliphatic carbocycles. The van der Waals surface area contributed by atoms with E-state index < -0.39 is 5.97 Å². The van der Waals surface area contributed by atoms with Crippen molar-refractivity contribution in [3.8, 4) is 0 Å². The van der Waals surface area contributed by atoms with E-state index >= 15 is 0 Å². The number of carboxylic acids is 1. The van der Waals surface area contributed by atoms with E-state index in [1.54, 1.807) is 4.90 Å². The highest BCUT2D eigenvalue weighted by atomic mass is 16.5. The molecule has 112 valence electrons. The first kappa shape index (κ1) is 13.9. The van der Waals surface area contributed by atoms with Gasteiger partial charge in [0, 0.05) is 25.6 Å². The average Bonchev–Trinajstić information content (AvgIpc) is 2.86. The number of carbonyl (C=O) groups is 2. The van der Waals surface area contributed by atoms with Gasteiger partial charge >= 0.3 is 5.97 Å². The molecule has 0 aromatic rings. The molecule has 5 heteroatoms. The van der Waals surface area contributed by atoms with Crippen LogP contribution >= 0.6 is 0 Å². The Bertz CT molecular complexity index is 381.